The van der Waals surface area contributed by atoms with Crippen LogP contribution < -0.4 is 10.1 Å². The Bertz CT molecular complexity index is 611. The molecule has 2 aliphatic rings. The summed E-state index contributed by atoms with van der Waals surface area (Å²) < 4.78 is 5.40. The first-order chi connectivity index (χ1) is 12.6. The minimum Gasteiger partial charge on any atom is -0.497 e. The Morgan fingerprint density at radius 1 is 1.35 bits per heavy atom. The van der Waals surface area contributed by atoms with E-state index in [1.165, 1.54) is 43.2 Å². The molecule has 1 saturated carbocycles. The van der Waals surface area contributed by atoms with Crippen LogP contribution in [0.15, 0.2) is 18.2 Å². The normalized spacial score (nSPS) is 22.0. The lowest BCUT2D eigenvalue weighted by Gasteiger charge is -2.43. The van der Waals surface area contributed by atoms with Crippen LogP contribution in [0.25, 0.3) is 0 Å². The molecule has 0 aromatic heterocycles. The van der Waals surface area contributed by atoms with Crippen molar-refractivity contribution in [2.75, 3.05) is 26.7 Å². The van der Waals surface area contributed by atoms with Gasteiger partial charge in [-0.05, 0) is 55.4 Å². The summed E-state index contributed by atoms with van der Waals surface area (Å²) in [6.45, 7) is 3.23. The fourth-order valence-corrected chi connectivity index (χ4v) is 4.49. The third-order valence-electron chi connectivity index (χ3n) is 5.76. The molecule has 1 amide bonds. The molecule has 1 aromatic rings. The molecule has 26 heavy (non-hydrogen) atoms. The summed E-state index contributed by atoms with van der Waals surface area (Å²) in [6, 6.07) is 6.49. The van der Waals surface area contributed by atoms with Crippen LogP contribution in [0, 0.1) is 5.92 Å². The Morgan fingerprint density at radius 3 is 2.81 bits per heavy atom. The van der Waals surface area contributed by atoms with E-state index in [-0.39, 0.29) is 11.9 Å². The number of amides is 1. The Balaban J connectivity index is 1.82. The van der Waals surface area contributed by atoms with E-state index >= 15 is 0 Å². The molecule has 1 aromatic carbocycles. The summed E-state index contributed by atoms with van der Waals surface area (Å²) in [5.41, 5.74) is 2.62. The second-order valence-corrected chi connectivity index (χ2v) is 7.72. The molecule has 1 aliphatic carbocycles. The molecular weight excluding hydrogens is 328 g/mol. The maximum atomic E-state index is 12.9. The van der Waals surface area contributed by atoms with E-state index in [0.29, 0.717) is 19.0 Å². The predicted molar refractivity (Wildman–Crippen MR) is 102 cm³/mol. The maximum absolute atomic E-state index is 12.9. The number of ether oxygens (including phenoxy) is 1. The highest BCUT2D eigenvalue weighted by atomic mass is 16.5. The van der Waals surface area contributed by atoms with Gasteiger partial charge in [0.25, 0.3) is 0 Å². The standard InChI is InChI=1S/C21H32N2O3/c1-15(24)13-22-14-20(25)23-11-10-17-12-18(26-2)8-9-19(17)21(23)16-6-4-3-5-7-16/h8-9,12,15-16,21-22,24H,3-7,10-11,13-14H2,1-2H3/t15-,21?/m1/s1. The highest BCUT2D eigenvalue weighted by molar-refractivity contribution is 5.79. The number of rotatable bonds is 6. The smallest absolute Gasteiger partial charge is 0.237 e. The summed E-state index contributed by atoms with van der Waals surface area (Å²) in [4.78, 5) is 15.0. The predicted octanol–water partition coefficient (Wildman–Crippen LogP) is 2.67. The first-order valence-corrected chi connectivity index (χ1v) is 9.95. The second-order valence-electron chi connectivity index (χ2n) is 7.72. The number of methoxy groups -OCH3 is 1. The number of hydrogen-bond acceptors (Lipinski definition) is 4. The molecule has 3 rings (SSSR count). The molecule has 0 spiro atoms. The first-order valence-electron chi connectivity index (χ1n) is 9.95. The lowest BCUT2D eigenvalue weighted by molar-refractivity contribution is -0.134. The van der Waals surface area contributed by atoms with Gasteiger partial charge in [-0.15, -0.1) is 0 Å². The lowest BCUT2D eigenvalue weighted by Crippen LogP contribution is -2.47. The van der Waals surface area contributed by atoms with Crippen LogP contribution in [0.5, 0.6) is 5.75 Å². The highest BCUT2D eigenvalue weighted by Gasteiger charge is 2.36. The Labute approximate surface area is 156 Å². The van der Waals surface area contributed by atoms with Gasteiger partial charge in [0, 0.05) is 13.1 Å². The fourth-order valence-electron chi connectivity index (χ4n) is 4.49. The molecule has 144 valence electrons. The van der Waals surface area contributed by atoms with Crippen LogP contribution in [0.3, 0.4) is 0 Å². The number of nitrogens with zero attached hydrogens (tertiary/aromatic N) is 1. The average molecular weight is 360 g/mol. The van der Waals surface area contributed by atoms with Gasteiger partial charge in [0.2, 0.25) is 5.91 Å². The maximum Gasteiger partial charge on any atom is 0.237 e. The van der Waals surface area contributed by atoms with Crippen LogP contribution in [-0.2, 0) is 11.2 Å². The number of aliphatic hydroxyl groups is 1. The van der Waals surface area contributed by atoms with Crippen LogP contribution in [0.1, 0.15) is 56.2 Å². The van der Waals surface area contributed by atoms with E-state index in [1.54, 1.807) is 14.0 Å². The van der Waals surface area contributed by atoms with Gasteiger partial charge in [-0.1, -0.05) is 25.3 Å². The van der Waals surface area contributed by atoms with Gasteiger partial charge < -0.3 is 20.1 Å². The number of benzene rings is 1. The molecule has 1 aliphatic heterocycles. The zero-order valence-electron chi connectivity index (χ0n) is 16.0. The molecule has 1 heterocycles. The first kappa shape index (κ1) is 19.2. The molecule has 1 unspecified atom stereocenters. The van der Waals surface area contributed by atoms with Crippen LogP contribution >= 0.6 is 0 Å². The van der Waals surface area contributed by atoms with Gasteiger partial charge in [-0.2, -0.15) is 0 Å². The molecule has 2 atom stereocenters. The van der Waals surface area contributed by atoms with Gasteiger partial charge in [0.05, 0.1) is 25.8 Å². The minimum absolute atomic E-state index is 0.141. The molecule has 0 bridgehead atoms. The van der Waals surface area contributed by atoms with E-state index in [9.17, 15) is 9.90 Å². The molecule has 2 N–H and O–H groups in total. The summed E-state index contributed by atoms with van der Waals surface area (Å²) in [5.74, 6) is 1.57. The molecule has 5 nitrogen and oxygen atoms in total. The largest absolute Gasteiger partial charge is 0.497 e. The monoisotopic (exact) mass is 360 g/mol. The van der Waals surface area contributed by atoms with Gasteiger partial charge in [-0.3, -0.25) is 4.79 Å². The van der Waals surface area contributed by atoms with Crippen molar-refractivity contribution >= 4 is 5.91 Å². The highest BCUT2D eigenvalue weighted by Crippen LogP contribution is 2.42. The Kier molecular flexibility index (Phi) is 6.54. The van der Waals surface area contributed by atoms with Crippen LogP contribution in [-0.4, -0.2) is 48.8 Å². The summed E-state index contributed by atoms with van der Waals surface area (Å²) in [6.07, 6.45) is 6.65. The van der Waals surface area contributed by atoms with Crippen molar-refractivity contribution < 1.29 is 14.6 Å². The third-order valence-corrected chi connectivity index (χ3v) is 5.76. The number of aliphatic hydroxyl groups excluding tert-OH is 1. The van der Waals surface area contributed by atoms with E-state index in [2.05, 4.69) is 22.3 Å². The van der Waals surface area contributed by atoms with Crippen LogP contribution in [0.4, 0.5) is 0 Å². The van der Waals surface area contributed by atoms with Gasteiger partial charge in [0.1, 0.15) is 5.75 Å². The summed E-state index contributed by atoms with van der Waals surface area (Å²) in [5, 5.41) is 12.5. The van der Waals surface area contributed by atoms with E-state index in [4.69, 9.17) is 4.74 Å². The average Bonchev–Trinajstić information content (AvgIpc) is 2.66. The van der Waals surface area contributed by atoms with E-state index < -0.39 is 6.10 Å². The lowest BCUT2D eigenvalue weighted by atomic mass is 9.77. The topological polar surface area (TPSA) is 61.8 Å². The van der Waals surface area contributed by atoms with Crippen molar-refractivity contribution in [1.29, 1.82) is 0 Å². The summed E-state index contributed by atoms with van der Waals surface area (Å²) in [7, 11) is 1.70. The number of carbonyl (C=O) groups excluding carboxylic acids is 1. The number of carbonyl (C=O) groups is 1. The Morgan fingerprint density at radius 2 is 2.12 bits per heavy atom. The SMILES string of the molecule is COc1ccc2c(c1)CCN(C(=O)CNC[C@@H](C)O)C2C1CCCCC1. The third kappa shape index (κ3) is 4.38. The molecule has 1 fully saturated rings. The van der Waals surface area contributed by atoms with Gasteiger partial charge in [0.15, 0.2) is 0 Å². The van der Waals surface area contributed by atoms with Crippen molar-refractivity contribution in [3.05, 3.63) is 29.3 Å². The zero-order chi connectivity index (χ0) is 18.5. The minimum atomic E-state index is -0.438. The van der Waals surface area contributed by atoms with Crippen molar-refractivity contribution in [1.82, 2.24) is 10.2 Å². The van der Waals surface area contributed by atoms with Crippen molar-refractivity contribution in [3.63, 3.8) is 0 Å². The quantitative estimate of drug-likeness (QED) is 0.819. The van der Waals surface area contributed by atoms with E-state index in [1.807, 2.05) is 6.07 Å². The van der Waals surface area contributed by atoms with Crippen LogP contribution in [0.2, 0.25) is 0 Å². The number of fused-ring (bicyclic) bond motifs is 1. The second kappa shape index (κ2) is 8.87. The fraction of sp³-hybridized carbons (Fsp3) is 0.667. The Hall–Kier alpha value is -1.59. The number of nitrogens with one attached hydrogen (secondary N) is 1. The molecule has 0 radical (unpaired) electrons. The number of hydrogen-bond donors (Lipinski definition) is 2. The molecule has 0 saturated heterocycles. The van der Waals surface area contributed by atoms with Crippen molar-refractivity contribution in [3.8, 4) is 5.75 Å². The van der Waals surface area contributed by atoms with Gasteiger partial charge >= 0.3 is 0 Å². The van der Waals surface area contributed by atoms with E-state index in [0.717, 1.165) is 18.7 Å². The van der Waals surface area contributed by atoms with Crippen molar-refractivity contribution in [2.24, 2.45) is 5.92 Å². The van der Waals surface area contributed by atoms with Crippen molar-refractivity contribution in [2.45, 2.75) is 57.6 Å². The summed E-state index contributed by atoms with van der Waals surface area (Å²) >= 11 is 0. The zero-order valence-corrected chi connectivity index (χ0v) is 16.0. The van der Waals surface area contributed by atoms with Gasteiger partial charge in [-0.25, -0.2) is 0 Å². The molecular formula is C21H32N2O3. The molecule has 5 heteroatoms.